The van der Waals surface area contributed by atoms with Gasteiger partial charge in [-0.25, -0.2) is 4.98 Å². The largest absolute Gasteiger partial charge is 0.345 e. The second kappa shape index (κ2) is 4.98. The van der Waals surface area contributed by atoms with Crippen LogP contribution in [0.2, 0.25) is 0 Å². The summed E-state index contributed by atoms with van der Waals surface area (Å²) in [6.45, 7) is 4.65. The summed E-state index contributed by atoms with van der Waals surface area (Å²) in [7, 11) is 0. The van der Waals surface area contributed by atoms with Gasteiger partial charge in [0, 0.05) is 29.0 Å². The molecular formula is C16H18N4OS. The molecule has 0 unspecified atom stereocenters. The Morgan fingerprint density at radius 2 is 2.27 bits per heavy atom. The van der Waals surface area contributed by atoms with Crippen molar-refractivity contribution in [1.29, 1.82) is 0 Å². The maximum Gasteiger partial charge on any atom is 0.268 e. The molecule has 1 saturated carbocycles. The third kappa shape index (κ3) is 2.23. The molecule has 0 spiro atoms. The number of rotatable bonds is 4. The zero-order valence-electron chi connectivity index (χ0n) is 12.7. The number of nitrogens with zero attached hydrogens (tertiary/aromatic N) is 3. The molecule has 0 radical (unpaired) electrons. The fourth-order valence-electron chi connectivity index (χ4n) is 2.71. The number of fused-ring (bicyclic) bond motifs is 1. The fraction of sp³-hybridized carbons (Fsp3) is 0.375. The first kappa shape index (κ1) is 13.6. The summed E-state index contributed by atoms with van der Waals surface area (Å²) in [6, 6.07) is 4.33. The molecule has 3 aromatic heterocycles. The van der Waals surface area contributed by atoms with Gasteiger partial charge in [0.25, 0.3) is 5.91 Å². The van der Waals surface area contributed by atoms with E-state index in [4.69, 9.17) is 0 Å². The molecule has 0 bridgehead atoms. The molecule has 3 heterocycles. The van der Waals surface area contributed by atoms with Crippen LogP contribution in [-0.4, -0.2) is 19.9 Å². The van der Waals surface area contributed by atoms with Crippen LogP contribution in [0.25, 0.3) is 4.96 Å². The minimum absolute atomic E-state index is 0.0267. The standard InChI is InChI=1S/C16H18N4OS/c1-10-11(2)22-16-18-12(9-20(10)16)8-17-15(21)14-4-3-7-19(14)13-5-6-13/h3-4,7,9,13H,5-6,8H2,1-2H3,(H,17,21). The molecule has 1 amide bonds. The van der Waals surface area contributed by atoms with Gasteiger partial charge in [0.15, 0.2) is 4.96 Å². The van der Waals surface area contributed by atoms with Gasteiger partial charge in [-0.15, -0.1) is 11.3 Å². The molecule has 0 atom stereocenters. The van der Waals surface area contributed by atoms with E-state index < -0.39 is 0 Å². The fourth-order valence-corrected chi connectivity index (χ4v) is 3.68. The molecule has 0 saturated heterocycles. The number of hydrogen-bond donors (Lipinski definition) is 1. The predicted octanol–water partition coefficient (Wildman–Crippen LogP) is 3.08. The van der Waals surface area contributed by atoms with Gasteiger partial charge in [-0.2, -0.15) is 0 Å². The van der Waals surface area contributed by atoms with Crippen molar-refractivity contribution in [2.45, 2.75) is 39.3 Å². The summed E-state index contributed by atoms with van der Waals surface area (Å²) in [5.74, 6) is -0.0267. The van der Waals surface area contributed by atoms with Crippen molar-refractivity contribution in [3.05, 3.63) is 46.5 Å². The Kier molecular flexibility index (Phi) is 3.07. The molecule has 1 N–H and O–H groups in total. The smallest absolute Gasteiger partial charge is 0.268 e. The topological polar surface area (TPSA) is 51.3 Å². The highest BCUT2D eigenvalue weighted by atomic mass is 32.1. The third-order valence-corrected chi connectivity index (χ3v) is 5.29. The average Bonchev–Trinajstić information content (AvgIpc) is 2.99. The zero-order chi connectivity index (χ0) is 15.3. The average molecular weight is 314 g/mol. The van der Waals surface area contributed by atoms with Crippen molar-refractivity contribution in [1.82, 2.24) is 19.3 Å². The van der Waals surface area contributed by atoms with Crippen molar-refractivity contribution in [2.24, 2.45) is 0 Å². The Morgan fingerprint density at radius 3 is 3.00 bits per heavy atom. The molecule has 3 aromatic rings. The molecule has 114 valence electrons. The lowest BCUT2D eigenvalue weighted by Crippen LogP contribution is -2.25. The minimum atomic E-state index is -0.0267. The summed E-state index contributed by atoms with van der Waals surface area (Å²) in [6.07, 6.45) is 6.34. The van der Waals surface area contributed by atoms with Crippen LogP contribution >= 0.6 is 11.3 Å². The number of hydrogen-bond acceptors (Lipinski definition) is 3. The minimum Gasteiger partial charge on any atom is -0.345 e. The monoisotopic (exact) mass is 314 g/mol. The molecule has 1 fully saturated rings. The number of aromatic nitrogens is 3. The van der Waals surface area contributed by atoms with Crippen LogP contribution in [-0.2, 0) is 6.54 Å². The summed E-state index contributed by atoms with van der Waals surface area (Å²) in [5, 5.41) is 2.98. The Hall–Kier alpha value is -2.08. The second-order valence-corrected chi connectivity index (χ2v) is 7.02. The van der Waals surface area contributed by atoms with E-state index in [1.54, 1.807) is 11.3 Å². The Morgan fingerprint density at radius 1 is 1.45 bits per heavy atom. The van der Waals surface area contributed by atoms with Gasteiger partial charge in [0.1, 0.15) is 5.69 Å². The zero-order valence-corrected chi connectivity index (χ0v) is 13.5. The first-order valence-corrected chi connectivity index (χ1v) is 8.34. The summed E-state index contributed by atoms with van der Waals surface area (Å²) in [5.41, 5.74) is 2.86. The molecule has 4 rings (SSSR count). The summed E-state index contributed by atoms with van der Waals surface area (Å²) < 4.78 is 4.17. The first-order chi connectivity index (χ1) is 10.6. The van der Waals surface area contributed by atoms with E-state index >= 15 is 0 Å². The molecular weight excluding hydrogens is 296 g/mol. The molecule has 0 aliphatic heterocycles. The van der Waals surface area contributed by atoms with Gasteiger partial charge in [-0.05, 0) is 38.8 Å². The highest BCUT2D eigenvalue weighted by Gasteiger charge is 2.26. The van der Waals surface area contributed by atoms with Crippen LogP contribution in [0, 0.1) is 13.8 Å². The van der Waals surface area contributed by atoms with Gasteiger partial charge in [0.2, 0.25) is 0 Å². The molecule has 0 aromatic carbocycles. The van der Waals surface area contributed by atoms with Crippen LogP contribution in [0.3, 0.4) is 0 Å². The Bertz CT molecular complexity index is 853. The van der Waals surface area contributed by atoms with Gasteiger partial charge >= 0.3 is 0 Å². The highest BCUT2D eigenvalue weighted by Crippen LogP contribution is 2.36. The van der Waals surface area contributed by atoms with Crippen LogP contribution in [0.15, 0.2) is 24.5 Å². The molecule has 1 aliphatic carbocycles. The number of carbonyl (C=O) groups is 1. The number of carbonyl (C=O) groups excluding carboxylic acids is 1. The van der Waals surface area contributed by atoms with E-state index in [0.717, 1.165) is 16.3 Å². The van der Waals surface area contributed by atoms with Crippen LogP contribution in [0.1, 0.15) is 45.6 Å². The SMILES string of the molecule is Cc1sc2nc(CNC(=O)c3cccn3C3CC3)cn2c1C. The number of thiazole rings is 1. The van der Waals surface area contributed by atoms with E-state index in [9.17, 15) is 4.79 Å². The normalized spacial score (nSPS) is 14.6. The van der Waals surface area contributed by atoms with E-state index in [2.05, 4.69) is 33.1 Å². The van der Waals surface area contributed by atoms with Gasteiger partial charge in [-0.3, -0.25) is 9.20 Å². The van der Waals surface area contributed by atoms with Crippen LogP contribution < -0.4 is 5.32 Å². The quantitative estimate of drug-likeness (QED) is 0.804. The summed E-state index contributed by atoms with van der Waals surface area (Å²) >= 11 is 1.68. The number of nitrogens with one attached hydrogen (secondary N) is 1. The molecule has 22 heavy (non-hydrogen) atoms. The van der Waals surface area contributed by atoms with Gasteiger partial charge in [0.05, 0.1) is 12.2 Å². The second-order valence-electron chi connectivity index (χ2n) is 5.84. The number of amides is 1. The third-order valence-electron chi connectivity index (χ3n) is 4.22. The summed E-state index contributed by atoms with van der Waals surface area (Å²) in [4.78, 5) is 19.2. The lowest BCUT2D eigenvalue weighted by Gasteiger charge is -2.07. The maximum atomic E-state index is 12.3. The maximum absolute atomic E-state index is 12.3. The lowest BCUT2D eigenvalue weighted by atomic mass is 10.3. The van der Waals surface area contributed by atoms with Crippen molar-refractivity contribution in [3.63, 3.8) is 0 Å². The van der Waals surface area contributed by atoms with E-state index in [1.807, 2.05) is 24.5 Å². The highest BCUT2D eigenvalue weighted by molar-refractivity contribution is 7.17. The van der Waals surface area contributed by atoms with E-state index in [-0.39, 0.29) is 5.91 Å². The van der Waals surface area contributed by atoms with Gasteiger partial charge < -0.3 is 9.88 Å². The van der Waals surface area contributed by atoms with Crippen molar-refractivity contribution in [2.75, 3.05) is 0 Å². The van der Waals surface area contributed by atoms with Crippen molar-refractivity contribution in [3.8, 4) is 0 Å². The lowest BCUT2D eigenvalue weighted by molar-refractivity contribution is 0.0941. The predicted molar refractivity (Wildman–Crippen MR) is 86.4 cm³/mol. The molecule has 6 heteroatoms. The molecule has 1 aliphatic rings. The Balaban J connectivity index is 1.48. The van der Waals surface area contributed by atoms with Crippen LogP contribution in [0.4, 0.5) is 0 Å². The Labute approximate surface area is 132 Å². The number of imidazole rings is 1. The molecule has 5 nitrogen and oxygen atoms in total. The number of aryl methyl sites for hydroxylation is 2. The first-order valence-electron chi connectivity index (χ1n) is 7.52. The van der Waals surface area contributed by atoms with Gasteiger partial charge in [-0.1, -0.05) is 0 Å². The van der Waals surface area contributed by atoms with E-state index in [1.165, 1.54) is 23.4 Å². The van der Waals surface area contributed by atoms with Crippen molar-refractivity contribution < 1.29 is 4.79 Å². The van der Waals surface area contributed by atoms with E-state index in [0.29, 0.717) is 12.6 Å². The van der Waals surface area contributed by atoms with Crippen LogP contribution in [0.5, 0.6) is 0 Å². The van der Waals surface area contributed by atoms with Crippen molar-refractivity contribution >= 4 is 22.2 Å².